The summed E-state index contributed by atoms with van der Waals surface area (Å²) in [5.74, 6) is -0.0329. The Morgan fingerprint density at radius 3 is 2.39 bits per heavy atom. The van der Waals surface area contributed by atoms with Crippen LogP contribution in [0.3, 0.4) is 0 Å². The third-order valence-electron chi connectivity index (χ3n) is 5.30. The minimum Gasteiger partial charge on any atom is -0.445 e. The number of benzene rings is 2. The van der Waals surface area contributed by atoms with Gasteiger partial charge in [-0.15, -0.1) is 0 Å². The predicted octanol–water partition coefficient (Wildman–Crippen LogP) is 2.61. The van der Waals surface area contributed by atoms with Crippen LogP contribution < -0.4 is 0 Å². The van der Waals surface area contributed by atoms with Crippen molar-refractivity contribution in [3.63, 3.8) is 0 Å². The molecule has 1 saturated heterocycles. The summed E-state index contributed by atoms with van der Waals surface area (Å²) >= 11 is 0. The maximum atomic E-state index is 13.2. The van der Waals surface area contributed by atoms with Crippen LogP contribution in [0.2, 0.25) is 0 Å². The molecule has 0 N–H and O–H groups in total. The van der Waals surface area contributed by atoms with Crippen LogP contribution in [-0.4, -0.2) is 54.1 Å². The molecule has 6 heteroatoms. The van der Waals surface area contributed by atoms with Crippen LogP contribution >= 0.6 is 0 Å². The van der Waals surface area contributed by atoms with Crippen LogP contribution in [0, 0.1) is 0 Å². The van der Waals surface area contributed by atoms with Crippen molar-refractivity contribution in [2.75, 3.05) is 26.3 Å². The Kier molecular flexibility index (Phi) is 5.58. The van der Waals surface area contributed by atoms with Gasteiger partial charge in [-0.25, -0.2) is 4.79 Å². The fourth-order valence-electron chi connectivity index (χ4n) is 3.73. The lowest BCUT2D eigenvalue weighted by Crippen LogP contribution is -2.55. The molecule has 0 bridgehead atoms. The van der Waals surface area contributed by atoms with Crippen LogP contribution in [0.15, 0.2) is 54.6 Å². The van der Waals surface area contributed by atoms with Gasteiger partial charge in [-0.1, -0.05) is 54.6 Å². The van der Waals surface area contributed by atoms with E-state index in [-0.39, 0.29) is 12.5 Å². The molecule has 0 unspecified atom stereocenters. The van der Waals surface area contributed by atoms with Gasteiger partial charge in [0.15, 0.2) is 0 Å². The maximum Gasteiger partial charge on any atom is 0.411 e. The first-order chi connectivity index (χ1) is 13.7. The van der Waals surface area contributed by atoms with E-state index in [1.165, 1.54) is 0 Å². The molecule has 2 aromatic rings. The van der Waals surface area contributed by atoms with Crippen molar-refractivity contribution in [2.24, 2.45) is 0 Å². The molecule has 2 aromatic carbocycles. The van der Waals surface area contributed by atoms with Gasteiger partial charge in [-0.05, 0) is 16.7 Å². The molecule has 0 spiro atoms. The van der Waals surface area contributed by atoms with Crippen LogP contribution in [-0.2, 0) is 33.8 Å². The number of carbonyl (C=O) groups is 2. The topological polar surface area (TPSA) is 59.1 Å². The molecule has 4 rings (SSSR count). The second kappa shape index (κ2) is 8.44. The average Bonchev–Trinajstić information content (AvgIpc) is 2.77. The molecule has 28 heavy (non-hydrogen) atoms. The number of nitrogens with zero attached hydrogens (tertiary/aromatic N) is 2. The molecule has 0 radical (unpaired) electrons. The van der Waals surface area contributed by atoms with E-state index in [1.807, 2.05) is 54.6 Å². The van der Waals surface area contributed by atoms with Crippen LogP contribution in [0.4, 0.5) is 4.79 Å². The highest BCUT2D eigenvalue weighted by Crippen LogP contribution is 2.25. The molecule has 2 heterocycles. The number of morpholine rings is 1. The van der Waals surface area contributed by atoms with Gasteiger partial charge in [0.1, 0.15) is 12.6 Å². The van der Waals surface area contributed by atoms with Crippen LogP contribution in [0.25, 0.3) is 0 Å². The van der Waals surface area contributed by atoms with Gasteiger partial charge in [0.25, 0.3) is 0 Å². The normalized spacial score (nSPS) is 19.1. The van der Waals surface area contributed by atoms with Gasteiger partial charge in [0.05, 0.1) is 19.8 Å². The van der Waals surface area contributed by atoms with Gasteiger partial charge >= 0.3 is 6.09 Å². The molecule has 6 nitrogen and oxygen atoms in total. The zero-order valence-corrected chi connectivity index (χ0v) is 15.8. The third kappa shape index (κ3) is 4.02. The highest BCUT2D eigenvalue weighted by molar-refractivity contribution is 5.86. The van der Waals surface area contributed by atoms with Crippen LogP contribution in [0.1, 0.15) is 16.7 Å². The van der Waals surface area contributed by atoms with Gasteiger partial charge in [0.2, 0.25) is 5.91 Å². The Bertz CT molecular complexity index is 833. The molecule has 0 saturated carbocycles. The van der Waals surface area contributed by atoms with Crippen molar-refractivity contribution in [2.45, 2.75) is 25.6 Å². The number of hydrogen-bond donors (Lipinski definition) is 0. The molecule has 1 fully saturated rings. The first kappa shape index (κ1) is 18.5. The molecule has 1 atom stereocenters. The molecule has 2 aliphatic heterocycles. The maximum absolute atomic E-state index is 13.2. The van der Waals surface area contributed by atoms with E-state index in [0.717, 1.165) is 16.7 Å². The fraction of sp³-hybridized carbons (Fsp3) is 0.364. The number of amides is 2. The van der Waals surface area contributed by atoms with E-state index in [0.29, 0.717) is 39.3 Å². The van der Waals surface area contributed by atoms with E-state index in [2.05, 4.69) is 0 Å². The second-order valence-corrected chi connectivity index (χ2v) is 7.09. The summed E-state index contributed by atoms with van der Waals surface area (Å²) in [6.07, 6.45) is 0.0530. The smallest absolute Gasteiger partial charge is 0.411 e. The Balaban J connectivity index is 1.52. The lowest BCUT2D eigenvalue weighted by Gasteiger charge is -2.38. The second-order valence-electron chi connectivity index (χ2n) is 7.09. The number of ether oxygens (including phenoxy) is 2. The zero-order chi connectivity index (χ0) is 19.3. The number of carbonyl (C=O) groups excluding carboxylic acids is 2. The largest absolute Gasteiger partial charge is 0.445 e. The molecule has 0 aliphatic carbocycles. The van der Waals surface area contributed by atoms with E-state index < -0.39 is 12.1 Å². The van der Waals surface area contributed by atoms with Crippen LogP contribution in [0.5, 0.6) is 0 Å². The van der Waals surface area contributed by atoms with Gasteiger partial charge < -0.3 is 14.4 Å². The first-order valence-electron chi connectivity index (χ1n) is 9.63. The summed E-state index contributed by atoms with van der Waals surface area (Å²) in [5, 5.41) is 0. The monoisotopic (exact) mass is 380 g/mol. The summed E-state index contributed by atoms with van der Waals surface area (Å²) < 4.78 is 10.9. The van der Waals surface area contributed by atoms with E-state index >= 15 is 0 Å². The molecule has 2 aliphatic rings. The SMILES string of the molecule is O=C([C@@H]1Cc2ccccc2CN1C(=O)OCc1ccccc1)N1CCOCC1. The molecule has 2 amide bonds. The summed E-state index contributed by atoms with van der Waals surface area (Å²) in [4.78, 5) is 29.4. The number of hydrogen-bond acceptors (Lipinski definition) is 4. The average molecular weight is 380 g/mol. The van der Waals surface area contributed by atoms with Crippen molar-refractivity contribution in [3.8, 4) is 0 Å². The van der Waals surface area contributed by atoms with E-state index in [1.54, 1.807) is 9.80 Å². The lowest BCUT2D eigenvalue weighted by atomic mass is 9.93. The van der Waals surface area contributed by atoms with E-state index in [9.17, 15) is 9.59 Å². The summed E-state index contributed by atoms with van der Waals surface area (Å²) in [7, 11) is 0. The summed E-state index contributed by atoms with van der Waals surface area (Å²) in [6, 6.07) is 17.0. The number of rotatable bonds is 3. The molecular formula is C22H24N2O4. The lowest BCUT2D eigenvalue weighted by molar-refractivity contribution is -0.141. The zero-order valence-electron chi connectivity index (χ0n) is 15.8. The summed E-state index contributed by atoms with van der Waals surface area (Å²) in [5.41, 5.74) is 3.09. The Labute approximate surface area is 164 Å². The minimum absolute atomic E-state index is 0.0329. The number of fused-ring (bicyclic) bond motifs is 1. The quantitative estimate of drug-likeness (QED) is 0.821. The molecule has 0 aromatic heterocycles. The van der Waals surface area contributed by atoms with Gasteiger partial charge in [-0.2, -0.15) is 0 Å². The van der Waals surface area contributed by atoms with Crippen molar-refractivity contribution >= 4 is 12.0 Å². The summed E-state index contributed by atoms with van der Waals surface area (Å²) in [6.45, 7) is 2.76. The van der Waals surface area contributed by atoms with Crippen molar-refractivity contribution in [3.05, 3.63) is 71.3 Å². The van der Waals surface area contributed by atoms with E-state index in [4.69, 9.17) is 9.47 Å². The van der Waals surface area contributed by atoms with Crippen molar-refractivity contribution in [1.82, 2.24) is 9.80 Å². The minimum atomic E-state index is -0.545. The third-order valence-corrected chi connectivity index (χ3v) is 5.30. The standard InChI is InChI=1S/C22H24N2O4/c25-21(23-10-12-27-13-11-23)20-14-18-8-4-5-9-19(18)15-24(20)22(26)28-16-17-6-2-1-3-7-17/h1-9,20H,10-16H2/t20-/m0/s1. The van der Waals surface area contributed by atoms with Crippen molar-refractivity contribution in [1.29, 1.82) is 0 Å². The fourth-order valence-corrected chi connectivity index (χ4v) is 3.73. The highest BCUT2D eigenvalue weighted by Gasteiger charge is 2.38. The van der Waals surface area contributed by atoms with Crippen molar-refractivity contribution < 1.29 is 19.1 Å². The highest BCUT2D eigenvalue weighted by atomic mass is 16.6. The Morgan fingerprint density at radius 2 is 1.64 bits per heavy atom. The molecular weight excluding hydrogens is 356 g/mol. The predicted molar refractivity (Wildman–Crippen MR) is 104 cm³/mol. The molecule has 146 valence electrons. The Morgan fingerprint density at radius 1 is 0.964 bits per heavy atom. The van der Waals surface area contributed by atoms with Gasteiger partial charge in [-0.3, -0.25) is 9.69 Å². The van der Waals surface area contributed by atoms with Gasteiger partial charge in [0, 0.05) is 19.5 Å². The first-order valence-corrected chi connectivity index (χ1v) is 9.63. The Hall–Kier alpha value is -2.86.